The van der Waals surface area contributed by atoms with Gasteiger partial charge < -0.3 is 15.5 Å². The van der Waals surface area contributed by atoms with Gasteiger partial charge in [-0.25, -0.2) is 9.18 Å². The summed E-state index contributed by atoms with van der Waals surface area (Å²) in [6, 6.07) is 5.22. The van der Waals surface area contributed by atoms with Crippen LogP contribution in [0.25, 0.3) is 0 Å². The minimum atomic E-state index is -0.417. The quantitative estimate of drug-likeness (QED) is 0.758. The highest BCUT2D eigenvalue weighted by Gasteiger charge is 2.20. The third-order valence-corrected chi connectivity index (χ3v) is 2.40. The van der Waals surface area contributed by atoms with Crippen molar-refractivity contribution in [1.82, 2.24) is 10.2 Å². The number of nitrogens with zero attached hydrogens (tertiary/aromatic N) is 1. The molecule has 0 spiro atoms. The Balaban J connectivity index is 1.99. The molecule has 1 fully saturated rings. The second kappa shape index (κ2) is 4.82. The van der Waals surface area contributed by atoms with Crippen LogP contribution in [-0.2, 0) is 4.79 Å². The van der Waals surface area contributed by atoms with Gasteiger partial charge in [0.25, 0.3) is 0 Å². The first-order valence-electron chi connectivity index (χ1n) is 5.23. The summed E-state index contributed by atoms with van der Waals surface area (Å²) in [7, 11) is 0. The molecule has 5 nitrogen and oxygen atoms in total. The lowest BCUT2D eigenvalue weighted by molar-refractivity contribution is -0.123. The molecule has 0 atom stereocenters. The molecule has 0 aliphatic carbocycles. The van der Waals surface area contributed by atoms with Crippen LogP contribution in [0.3, 0.4) is 0 Å². The summed E-state index contributed by atoms with van der Waals surface area (Å²) >= 11 is 0. The van der Waals surface area contributed by atoms with Gasteiger partial charge in [0.1, 0.15) is 12.4 Å². The van der Waals surface area contributed by atoms with Crippen molar-refractivity contribution in [2.24, 2.45) is 0 Å². The topological polar surface area (TPSA) is 61.4 Å². The number of nitrogens with one attached hydrogen (secondary N) is 2. The average Bonchev–Trinajstić information content (AvgIpc) is 2.29. The molecule has 0 radical (unpaired) electrons. The Kier molecular flexibility index (Phi) is 3.22. The van der Waals surface area contributed by atoms with Crippen LogP contribution in [-0.4, -0.2) is 36.5 Å². The SMILES string of the molecule is O=C1CN(C(=O)Nc2cccc(F)c2)CCN1. The van der Waals surface area contributed by atoms with Crippen molar-refractivity contribution in [2.75, 3.05) is 25.0 Å². The van der Waals surface area contributed by atoms with Crippen LogP contribution in [0.2, 0.25) is 0 Å². The fraction of sp³-hybridized carbons (Fsp3) is 0.273. The second-order valence-electron chi connectivity index (χ2n) is 3.71. The van der Waals surface area contributed by atoms with Crippen molar-refractivity contribution in [3.05, 3.63) is 30.1 Å². The summed E-state index contributed by atoms with van der Waals surface area (Å²) in [5, 5.41) is 5.16. The minimum Gasteiger partial charge on any atom is -0.353 e. The minimum absolute atomic E-state index is 0.0289. The van der Waals surface area contributed by atoms with Crippen LogP contribution in [0.15, 0.2) is 24.3 Å². The number of hydrogen-bond donors (Lipinski definition) is 2. The molecule has 17 heavy (non-hydrogen) atoms. The van der Waals surface area contributed by atoms with E-state index in [9.17, 15) is 14.0 Å². The Labute approximate surface area is 97.6 Å². The molecule has 2 N–H and O–H groups in total. The average molecular weight is 237 g/mol. The molecule has 1 saturated heterocycles. The maximum Gasteiger partial charge on any atom is 0.322 e. The van der Waals surface area contributed by atoms with Gasteiger partial charge in [-0.2, -0.15) is 0 Å². The lowest BCUT2D eigenvalue weighted by Gasteiger charge is -2.26. The van der Waals surface area contributed by atoms with Crippen LogP contribution >= 0.6 is 0 Å². The molecule has 6 heteroatoms. The van der Waals surface area contributed by atoms with Crippen molar-refractivity contribution in [2.45, 2.75) is 0 Å². The van der Waals surface area contributed by atoms with Crippen molar-refractivity contribution in [1.29, 1.82) is 0 Å². The highest BCUT2D eigenvalue weighted by atomic mass is 19.1. The summed E-state index contributed by atoms with van der Waals surface area (Å²) < 4.78 is 12.9. The van der Waals surface area contributed by atoms with Gasteiger partial charge in [0.15, 0.2) is 0 Å². The predicted molar refractivity (Wildman–Crippen MR) is 60.0 cm³/mol. The standard InChI is InChI=1S/C11H12FN3O2/c12-8-2-1-3-9(6-8)14-11(17)15-5-4-13-10(16)7-15/h1-3,6H,4-5,7H2,(H,13,16)(H,14,17). The summed E-state index contributed by atoms with van der Waals surface area (Å²) in [4.78, 5) is 24.2. The Bertz CT molecular complexity index is 450. The first-order chi connectivity index (χ1) is 8.15. The van der Waals surface area contributed by atoms with Gasteiger partial charge in [0.05, 0.1) is 0 Å². The molecule has 0 saturated carbocycles. The first kappa shape index (κ1) is 11.4. The molecular weight excluding hydrogens is 225 g/mol. The molecule has 1 heterocycles. The zero-order valence-corrected chi connectivity index (χ0v) is 9.07. The number of urea groups is 1. The highest BCUT2D eigenvalue weighted by Crippen LogP contribution is 2.10. The number of carbonyl (C=O) groups is 2. The van der Waals surface area contributed by atoms with Crippen LogP contribution in [0.4, 0.5) is 14.9 Å². The van der Waals surface area contributed by atoms with Crippen molar-refractivity contribution >= 4 is 17.6 Å². The van der Waals surface area contributed by atoms with Crippen LogP contribution in [0, 0.1) is 5.82 Å². The Hall–Kier alpha value is -2.11. The third kappa shape index (κ3) is 2.93. The Morgan fingerprint density at radius 2 is 2.29 bits per heavy atom. The smallest absolute Gasteiger partial charge is 0.322 e. The highest BCUT2D eigenvalue weighted by molar-refractivity contribution is 5.92. The number of hydrogen-bond acceptors (Lipinski definition) is 2. The molecule has 90 valence electrons. The largest absolute Gasteiger partial charge is 0.353 e. The first-order valence-corrected chi connectivity index (χ1v) is 5.23. The molecule has 0 aromatic heterocycles. The van der Waals surface area contributed by atoms with E-state index in [1.165, 1.54) is 23.1 Å². The second-order valence-corrected chi connectivity index (χ2v) is 3.71. The van der Waals surface area contributed by atoms with Crippen molar-refractivity contribution in [3.63, 3.8) is 0 Å². The van der Waals surface area contributed by atoms with E-state index in [0.717, 1.165) is 0 Å². The molecule has 3 amide bonds. The monoisotopic (exact) mass is 237 g/mol. The van der Waals surface area contributed by atoms with Gasteiger partial charge in [0, 0.05) is 18.8 Å². The van der Waals surface area contributed by atoms with E-state index in [-0.39, 0.29) is 12.5 Å². The molecule has 0 unspecified atom stereocenters. The number of halogens is 1. The molecular formula is C11H12FN3O2. The molecule has 0 bridgehead atoms. The van der Waals surface area contributed by atoms with Crippen LogP contribution < -0.4 is 10.6 Å². The van der Waals surface area contributed by atoms with E-state index in [1.807, 2.05) is 0 Å². The fourth-order valence-electron chi connectivity index (χ4n) is 1.58. The van der Waals surface area contributed by atoms with Gasteiger partial charge in [-0.3, -0.25) is 4.79 Å². The zero-order valence-electron chi connectivity index (χ0n) is 9.07. The summed E-state index contributed by atoms with van der Waals surface area (Å²) in [5.74, 6) is -0.607. The number of benzene rings is 1. The number of carbonyl (C=O) groups excluding carboxylic acids is 2. The van der Waals surface area contributed by atoms with E-state index < -0.39 is 11.8 Å². The molecule has 2 rings (SSSR count). The van der Waals surface area contributed by atoms with Gasteiger partial charge >= 0.3 is 6.03 Å². The van der Waals surface area contributed by atoms with Gasteiger partial charge in [-0.1, -0.05) is 6.07 Å². The molecule has 1 aromatic rings. The number of rotatable bonds is 1. The van der Waals surface area contributed by atoms with E-state index in [4.69, 9.17) is 0 Å². The lowest BCUT2D eigenvalue weighted by atomic mass is 10.3. The van der Waals surface area contributed by atoms with Gasteiger partial charge in [-0.05, 0) is 18.2 Å². The molecule has 1 aliphatic rings. The van der Waals surface area contributed by atoms with E-state index in [0.29, 0.717) is 18.8 Å². The molecule has 1 aromatic carbocycles. The maximum absolute atomic E-state index is 12.9. The zero-order chi connectivity index (χ0) is 12.3. The fourth-order valence-corrected chi connectivity index (χ4v) is 1.58. The Morgan fingerprint density at radius 3 is 3.00 bits per heavy atom. The predicted octanol–water partition coefficient (Wildman–Crippen LogP) is 0.789. The van der Waals surface area contributed by atoms with Crippen LogP contribution in [0.5, 0.6) is 0 Å². The summed E-state index contributed by atoms with van der Waals surface area (Å²) in [5.41, 5.74) is 0.376. The molecule has 1 aliphatic heterocycles. The van der Waals surface area contributed by atoms with Crippen molar-refractivity contribution < 1.29 is 14.0 Å². The third-order valence-electron chi connectivity index (χ3n) is 2.40. The number of piperazine rings is 1. The summed E-state index contributed by atoms with van der Waals surface area (Å²) in [6.07, 6.45) is 0. The van der Waals surface area contributed by atoms with Crippen LogP contribution in [0.1, 0.15) is 0 Å². The summed E-state index contributed by atoms with van der Waals surface area (Å²) in [6.45, 7) is 0.920. The van der Waals surface area contributed by atoms with E-state index in [1.54, 1.807) is 6.07 Å². The number of amides is 3. The lowest BCUT2D eigenvalue weighted by Crippen LogP contribution is -2.51. The van der Waals surface area contributed by atoms with E-state index >= 15 is 0 Å². The Morgan fingerprint density at radius 1 is 1.47 bits per heavy atom. The van der Waals surface area contributed by atoms with E-state index in [2.05, 4.69) is 10.6 Å². The van der Waals surface area contributed by atoms with Gasteiger partial charge in [-0.15, -0.1) is 0 Å². The maximum atomic E-state index is 12.9. The van der Waals surface area contributed by atoms with Crippen molar-refractivity contribution in [3.8, 4) is 0 Å². The number of anilines is 1. The normalized spacial score (nSPS) is 15.4. The van der Waals surface area contributed by atoms with Gasteiger partial charge in [0.2, 0.25) is 5.91 Å².